The van der Waals surface area contributed by atoms with Gasteiger partial charge in [0.2, 0.25) is 0 Å². The van der Waals surface area contributed by atoms with Crippen LogP contribution in [0.4, 0.5) is 5.82 Å². The number of aromatic nitrogens is 2. The number of anilines is 1. The minimum Gasteiger partial charge on any atom is -0.507 e. The highest BCUT2D eigenvalue weighted by Gasteiger charge is 2.17. The van der Waals surface area contributed by atoms with Gasteiger partial charge in [0.15, 0.2) is 0 Å². The molecule has 1 amide bonds. The molecular formula is C13H14N4O2S. The average molecular weight is 290 g/mol. The molecule has 0 aliphatic carbocycles. The van der Waals surface area contributed by atoms with Gasteiger partial charge in [-0.15, -0.1) is 0 Å². The van der Waals surface area contributed by atoms with Gasteiger partial charge in [-0.25, -0.2) is 0 Å². The van der Waals surface area contributed by atoms with Crippen molar-refractivity contribution in [2.24, 2.45) is 12.8 Å². The van der Waals surface area contributed by atoms with E-state index in [-0.39, 0.29) is 16.3 Å². The Labute approximate surface area is 121 Å². The van der Waals surface area contributed by atoms with Crippen LogP contribution in [0, 0.1) is 6.92 Å². The second-order valence-corrected chi connectivity index (χ2v) is 4.81. The molecule has 0 fully saturated rings. The first-order chi connectivity index (χ1) is 9.40. The number of carbonyl (C=O) groups is 1. The molecule has 1 aromatic carbocycles. The molecule has 0 saturated carbocycles. The Balaban J connectivity index is 2.33. The summed E-state index contributed by atoms with van der Waals surface area (Å²) in [4.78, 5) is 12.3. The van der Waals surface area contributed by atoms with Crippen LogP contribution in [-0.2, 0) is 7.05 Å². The number of rotatable bonds is 3. The predicted octanol–water partition coefficient (Wildman–Crippen LogP) is 1.32. The molecule has 0 bridgehead atoms. The smallest absolute Gasteiger partial charge is 0.260 e. The normalized spacial score (nSPS) is 10.3. The highest BCUT2D eigenvalue weighted by Crippen LogP contribution is 2.21. The maximum atomic E-state index is 12.2. The van der Waals surface area contributed by atoms with Crippen molar-refractivity contribution in [3.8, 4) is 5.75 Å². The van der Waals surface area contributed by atoms with Gasteiger partial charge >= 0.3 is 0 Å². The fourth-order valence-corrected chi connectivity index (χ4v) is 1.92. The van der Waals surface area contributed by atoms with E-state index in [1.165, 1.54) is 16.9 Å². The molecule has 104 valence electrons. The monoisotopic (exact) mass is 290 g/mol. The molecule has 1 aromatic heterocycles. The van der Waals surface area contributed by atoms with Crippen molar-refractivity contribution >= 4 is 28.9 Å². The van der Waals surface area contributed by atoms with Gasteiger partial charge in [0, 0.05) is 7.05 Å². The van der Waals surface area contributed by atoms with Crippen LogP contribution in [0.3, 0.4) is 0 Å². The van der Waals surface area contributed by atoms with Crippen LogP contribution in [0.2, 0.25) is 0 Å². The third-order valence-corrected chi connectivity index (χ3v) is 3.05. The molecule has 6 nitrogen and oxygen atoms in total. The van der Waals surface area contributed by atoms with Crippen molar-refractivity contribution < 1.29 is 9.90 Å². The third kappa shape index (κ3) is 2.62. The number of nitrogens with zero attached hydrogens (tertiary/aromatic N) is 2. The lowest BCUT2D eigenvalue weighted by atomic mass is 10.1. The summed E-state index contributed by atoms with van der Waals surface area (Å²) in [6.45, 7) is 1.83. The van der Waals surface area contributed by atoms with Crippen LogP contribution in [0.25, 0.3) is 0 Å². The lowest BCUT2D eigenvalue weighted by Crippen LogP contribution is -2.19. The number of aromatic hydroxyl groups is 1. The maximum Gasteiger partial charge on any atom is 0.260 e. The van der Waals surface area contributed by atoms with E-state index in [2.05, 4.69) is 10.4 Å². The van der Waals surface area contributed by atoms with Crippen LogP contribution < -0.4 is 11.1 Å². The van der Waals surface area contributed by atoms with E-state index in [1.54, 1.807) is 19.2 Å². The number of amides is 1. The highest BCUT2D eigenvalue weighted by molar-refractivity contribution is 7.80. The Kier molecular flexibility index (Phi) is 3.71. The summed E-state index contributed by atoms with van der Waals surface area (Å²) in [5, 5.41) is 16.4. The zero-order valence-electron chi connectivity index (χ0n) is 11.0. The molecule has 0 unspecified atom stereocenters. The number of phenols is 1. The molecule has 4 N–H and O–H groups in total. The van der Waals surface area contributed by atoms with Crippen molar-refractivity contribution in [3.63, 3.8) is 0 Å². The van der Waals surface area contributed by atoms with Crippen molar-refractivity contribution in [2.45, 2.75) is 6.92 Å². The van der Waals surface area contributed by atoms with E-state index in [0.717, 1.165) is 5.56 Å². The molecule has 2 rings (SSSR count). The number of carbonyl (C=O) groups excluding carboxylic acids is 1. The third-order valence-electron chi connectivity index (χ3n) is 2.83. The second-order valence-electron chi connectivity index (χ2n) is 4.37. The molecule has 1 heterocycles. The number of nitrogens with two attached hydrogens (primary N) is 1. The first kappa shape index (κ1) is 14.0. The summed E-state index contributed by atoms with van der Waals surface area (Å²) >= 11 is 4.90. The lowest BCUT2D eigenvalue weighted by molar-refractivity contribution is 0.102. The fourth-order valence-electron chi connectivity index (χ4n) is 1.77. The van der Waals surface area contributed by atoms with Gasteiger partial charge in [-0.2, -0.15) is 5.10 Å². The molecule has 0 atom stereocenters. The van der Waals surface area contributed by atoms with Gasteiger partial charge in [-0.3, -0.25) is 9.48 Å². The number of hydrogen-bond donors (Lipinski definition) is 3. The zero-order valence-corrected chi connectivity index (χ0v) is 11.9. The summed E-state index contributed by atoms with van der Waals surface area (Å²) in [5.41, 5.74) is 7.08. The number of aryl methyl sites for hydroxylation is 2. The quantitative estimate of drug-likeness (QED) is 0.741. The van der Waals surface area contributed by atoms with E-state index < -0.39 is 5.91 Å². The molecular weight excluding hydrogens is 276 g/mol. The van der Waals surface area contributed by atoms with Gasteiger partial charge in [0.05, 0.1) is 17.3 Å². The van der Waals surface area contributed by atoms with E-state index in [9.17, 15) is 9.90 Å². The van der Waals surface area contributed by atoms with E-state index in [1.807, 2.05) is 6.92 Å². The SMILES string of the molecule is Cc1ccc(C(=O)Nc2c(C(N)=S)cnn2C)c(O)c1. The molecule has 0 saturated heterocycles. The summed E-state index contributed by atoms with van der Waals surface area (Å²) in [6.07, 6.45) is 1.48. The van der Waals surface area contributed by atoms with Gasteiger partial charge in [-0.1, -0.05) is 18.3 Å². The molecule has 20 heavy (non-hydrogen) atoms. The number of thiocarbonyl (C=S) groups is 1. The zero-order chi connectivity index (χ0) is 14.9. The van der Waals surface area contributed by atoms with Gasteiger partial charge in [-0.05, 0) is 24.6 Å². The van der Waals surface area contributed by atoms with Crippen molar-refractivity contribution in [2.75, 3.05) is 5.32 Å². The molecule has 7 heteroatoms. The van der Waals surface area contributed by atoms with Gasteiger partial charge < -0.3 is 16.2 Å². The van der Waals surface area contributed by atoms with Crippen LogP contribution in [0.5, 0.6) is 5.75 Å². The van der Waals surface area contributed by atoms with Crippen molar-refractivity contribution in [1.82, 2.24) is 9.78 Å². The Morgan fingerprint density at radius 3 is 2.75 bits per heavy atom. The van der Waals surface area contributed by atoms with E-state index >= 15 is 0 Å². The molecule has 0 spiro atoms. The van der Waals surface area contributed by atoms with Gasteiger partial charge in [0.1, 0.15) is 16.6 Å². The second kappa shape index (κ2) is 5.30. The largest absolute Gasteiger partial charge is 0.507 e. The van der Waals surface area contributed by atoms with Crippen molar-refractivity contribution in [1.29, 1.82) is 0 Å². The number of phenolic OH excluding ortho intramolecular Hbond substituents is 1. The minimum atomic E-state index is -0.455. The van der Waals surface area contributed by atoms with Crippen LogP contribution in [-0.4, -0.2) is 25.8 Å². The fraction of sp³-hybridized carbons (Fsp3) is 0.154. The topological polar surface area (TPSA) is 93.2 Å². The number of nitrogens with one attached hydrogen (secondary N) is 1. The summed E-state index contributed by atoms with van der Waals surface area (Å²) in [5.74, 6) is -0.146. The number of hydrogen-bond acceptors (Lipinski definition) is 4. The summed E-state index contributed by atoms with van der Waals surface area (Å²) in [7, 11) is 1.66. The number of benzene rings is 1. The average Bonchev–Trinajstić information content (AvgIpc) is 2.71. The maximum absolute atomic E-state index is 12.2. The molecule has 0 radical (unpaired) electrons. The predicted molar refractivity (Wildman–Crippen MR) is 79.9 cm³/mol. The highest BCUT2D eigenvalue weighted by atomic mass is 32.1. The molecule has 0 aliphatic rings. The Bertz CT molecular complexity index is 694. The van der Waals surface area contributed by atoms with E-state index in [4.69, 9.17) is 18.0 Å². The first-order valence-electron chi connectivity index (χ1n) is 5.83. The molecule has 2 aromatic rings. The van der Waals surface area contributed by atoms with Crippen LogP contribution >= 0.6 is 12.2 Å². The summed E-state index contributed by atoms with van der Waals surface area (Å²) in [6, 6.07) is 4.82. The van der Waals surface area contributed by atoms with Crippen LogP contribution in [0.1, 0.15) is 21.5 Å². The Morgan fingerprint density at radius 1 is 1.45 bits per heavy atom. The minimum absolute atomic E-state index is 0.0819. The van der Waals surface area contributed by atoms with Gasteiger partial charge in [0.25, 0.3) is 5.91 Å². The van der Waals surface area contributed by atoms with Crippen LogP contribution in [0.15, 0.2) is 24.4 Å². The lowest BCUT2D eigenvalue weighted by Gasteiger charge is -2.09. The Hall–Kier alpha value is -2.41. The molecule has 0 aliphatic heterocycles. The summed E-state index contributed by atoms with van der Waals surface area (Å²) < 4.78 is 1.46. The van der Waals surface area contributed by atoms with E-state index in [0.29, 0.717) is 11.4 Å². The Morgan fingerprint density at radius 2 is 2.15 bits per heavy atom. The first-order valence-corrected chi connectivity index (χ1v) is 6.23. The van der Waals surface area contributed by atoms with Crippen molar-refractivity contribution in [3.05, 3.63) is 41.1 Å². The standard InChI is InChI=1S/C13H14N4O2S/c1-7-3-4-8(10(18)5-7)13(19)16-12-9(11(14)20)6-15-17(12)2/h3-6,18H,1-2H3,(H2,14,20)(H,16,19).